The van der Waals surface area contributed by atoms with E-state index < -0.39 is 11.6 Å². The number of thiazole rings is 1. The Labute approximate surface area is 214 Å². The predicted molar refractivity (Wildman–Crippen MR) is 144 cm³/mol. The van der Waals surface area contributed by atoms with Gasteiger partial charge >= 0.3 is 11.6 Å². The van der Waals surface area contributed by atoms with Crippen molar-refractivity contribution in [1.29, 1.82) is 0 Å². The number of fused-ring (bicyclic) bond motifs is 3. The lowest BCUT2D eigenvalue weighted by molar-refractivity contribution is 0.0517. The lowest BCUT2D eigenvalue weighted by Crippen LogP contribution is -2.13. The van der Waals surface area contributed by atoms with E-state index in [1.165, 1.54) is 16.0 Å². The summed E-state index contributed by atoms with van der Waals surface area (Å²) in [4.78, 5) is 30.3. The average molecular weight is 509 g/mol. The lowest BCUT2D eigenvalue weighted by Gasteiger charge is -2.07. The molecule has 0 spiro atoms. The summed E-state index contributed by atoms with van der Waals surface area (Å²) in [5, 5.41) is 9.67. The van der Waals surface area contributed by atoms with Crippen LogP contribution in [0.4, 0.5) is 5.69 Å². The van der Waals surface area contributed by atoms with Gasteiger partial charge in [0.2, 0.25) is 0 Å². The number of para-hydroxylation sites is 1. The van der Waals surface area contributed by atoms with Crippen molar-refractivity contribution >= 4 is 44.7 Å². The molecule has 3 aromatic heterocycles. The van der Waals surface area contributed by atoms with Gasteiger partial charge in [0.15, 0.2) is 5.69 Å². The fraction of sp³-hybridized carbons (Fsp3) is 0.0714. The molecule has 3 aromatic carbocycles. The Hall–Kier alpha value is -4.76. The second-order valence-electron chi connectivity index (χ2n) is 8.26. The second-order valence-corrected chi connectivity index (χ2v) is 9.12. The number of esters is 1. The van der Waals surface area contributed by atoms with Crippen LogP contribution >= 0.6 is 11.3 Å². The minimum absolute atomic E-state index is 0.122. The van der Waals surface area contributed by atoms with Crippen molar-refractivity contribution in [2.24, 2.45) is 0 Å². The maximum Gasteiger partial charge on any atom is 0.359 e. The molecule has 3 heterocycles. The van der Waals surface area contributed by atoms with E-state index in [2.05, 4.69) is 10.1 Å². The molecule has 0 fully saturated rings. The van der Waals surface area contributed by atoms with Crippen LogP contribution in [0.1, 0.15) is 17.4 Å². The molecular weight excluding hydrogens is 488 g/mol. The minimum Gasteiger partial charge on any atom is -0.461 e. The lowest BCUT2D eigenvalue weighted by atomic mass is 10.0. The Kier molecular flexibility index (Phi) is 5.54. The van der Waals surface area contributed by atoms with Crippen molar-refractivity contribution in [3.8, 4) is 27.6 Å². The van der Waals surface area contributed by atoms with Gasteiger partial charge in [0.25, 0.3) is 0 Å². The molecule has 0 aliphatic carbocycles. The maximum atomic E-state index is 12.9. The van der Waals surface area contributed by atoms with Gasteiger partial charge in [-0.05, 0) is 42.0 Å². The Bertz CT molecular complexity index is 1850. The summed E-state index contributed by atoms with van der Waals surface area (Å²) >= 11 is 1.27. The minimum atomic E-state index is -0.582. The molecular formula is C28H20N4O4S. The van der Waals surface area contributed by atoms with Crippen molar-refractivity contribution in [2.75, 3.05) is 12.3 Å². The monoisotopic (exact) mass is 508 g/mol. The molecule has 182 valence electrons. The fourth-order valence-electron chi connectivity index (χ4n) is 4.30. The van der Waals surface area contributed by atoms with Crippen LogP contribution in [0.15, 0.2) is 87.4 Å². The zero-order valence-corrected chi connectivity index (χ0v) is 20.5. The highest BCUT2D eigenvalue weighted by Gasteiger charge is 2.26. The zero-order valence-electron chi connectivity index (χ0n) is 19.7. The SMILES string of the molecule is CCOC(=O)c1c(N)c(-c2nc(-c3cc4c(ccc5ccccc54)oc3=O)cs2)nn1-c1ccccc1. The standard InChI is InChI=1S/C28H20N4O4S/c1-2-35-28(34)25-23(29)24(31-32(25)17-9-4-3-5-10-17)26-30-21(15-37-26)20-14-19-18-11-7-6-8-16(18)12-13-22(19)36-27(20)33/h3-15H,2,29H2,1H3. The number of ether oxygens (including phenoxy) is 1. The first-order valence-electron chi connectivity index (χ1n) is 11.6. The molecule has 0 unspecified atom stereocenters. The van der Waals surface area contributed by atoms with Gasteiger partial charge in [-0.25, -0.2) is 19.3 Å². The summed E-state index contributed by atoms with van der Waals surface area (Å²) in [7, 11) is 0. The summed E-state index contributed by atoms with van der Waals surface area (Å²) in [6.07, 6.45) is 0. The molecule has 0 bridgehead atoms. The van der Waals surface area contributed by atoms with E-state index in [1.54, 1.807) is 24.4 Å². The van der Waals surface area contributed by atoms with Crippen LogP contribution in [-0.2, 0) is 4.74 Å². The number of hydrogen-bond acceptors (Lipinski definition) is 8. The summed E-state index contributed by atoms with van der Waals surface area (Å²) in [5.41, 5.74) is 8.47. The maximum absolute atomic E-state index is 12.9. The molecule has 0 aliphatic heterocycles. The van der Waals surface area contributed by atoms with Gasteiger partial charge in [-0.15, -0.1) is 11.3 Å². The van der Waals surface area contributed by atoms with Crippen molar-refractivity contribution in [2.45, 2.75) is 6.92 Å². The van der Waals surface area contributed by atoms with Crippen molar-refractivity contribution < 1.29 is 13.9 Å². The van der Waals surface area contributed by atoms with Crippen LogP contribution in [0.2, 0.25) is 0 Å². The number of nitrogens with two attached hydrogens (primary N) is 1. The molecule has 0 radical (unpaired) electrons. The first-order chi connectivity index (χ1) is 18.0. The summed E-state index contributed by atoms with van der Waals surface area (Å²) in [5.74, 6) is -0.582. The summed E-state index contributed by atoms with van der Waals surface area (Å²) in [6, 6.07) is 22.6. The number of hydrogen-bond donors (Lipinski definition) is 1. The number of nitrogen functional groups attached to an aromatic ring is 1. The Morgan fingerprint density at radius 2 is 1.84 bits per heavy atom. The highest BCUT2D eigenvalue weighted by Crippen LogP contribution is 2.35. The van der Waals surface area contributed by atoms with Crippen LogP contribution in [0.3, 0.4) is 0 Å². The molecule has 0 amide bonds. The highest BCUT2D eigenvalue weighted by atomic mass is 32.1. The second kappa shape index (κ2) is 9.03. The smallest absolute Gasteiger partial charge is 0.359 e. The van der Waals surface area contributed by atoms with E-state index in [-0.39, 0.29) is 18.0 Å². The van der Waals surface area contributed by atoms with Crippen LogP contribution < -0.4 is 11.4 Å². The fourth-order valence-corrected chi connectivity index (χ4v) is 5.11. The molecule has 2 N–H and O–H groups in total. The van der Waals surface area contributed by atoms with Gasteiger partial charge in [-0.1, -0.05) is 48.5 Å². The summed E-state index contributed by atoms with van der Waals surface area (Å²) in [6.45, 7) is 1.92. The molecule has 9 heteroatoms. The molecule has 6 rings (SSSR count). The first-order valence-corrected chi connectivity index (χ1v) is 12.5. The molecule has 0 saturated carbocycles. The van der Waals surface area contributed by atoms with Gasteiger partial charge in [0, 0.05) is 10.8 Å². The third-order valence-corrected chi connectivity index (χ3v) is 6.87. The first kappa shape index (κ1) is 22.7. The summed E-state index contributed by atoms with van der Waals surface area (Å²) < 4.78 is 12.3. The largest absolute Gasteiger partial charge is 0.461 e. The number of benzene rings is 3. The molecule has 8 nitrogen and oxygen atoms in total. The predicted octanol–water partition coefficient (Wildman–Crippen LogP) is 5.68. The van der Waals surface area contributed by atoms with Gasteiger partial charge in [-0.3, -0.25) is 0 Å². The van der Waals surface area contributed by atoms with E-state index in [9.17, 15) is 9.59 Å². The highest BCUT2D eigenvalue weighted by molar-refractivity contribution is 7.13. The topological polar surface area (TPSA) is 113 Å². The normalized spacial score (nSPS) is 11.3. The molecule has 6 aromatic rings. The van der Waals surface area contributed by atoms with Gasteiger partial charge < -0.3 is 14.9 Å². The van der Waals surface area contributed by atoms with E-state index >= 15 is 0 Å². The van der Waals surface area contributed by atoms with Crippen LogP contribution in [0.5, 0.6) is 0 Å². The molecule has 37 heavy (non-hydrogen) atoms. The Balaban J connectivity index is 1.49. The van der Waals surface area contributed by atoms with Gasteiger partial charge in [0.1, 0.15) is 16.3 Å². The van der Waals surface area contributed by atoms with Crippen molar-refractivity contribution in [1.82, 2.24) is 14.8 Å². The Morgan fingerprint density at radius 3 is 2.65 bits per heavy atom. The third kappa shape index (κ3) is 3.85. The van der Waals surface area contributed by atoms with Crippen LogP contribution in [0.25, 0.3) is 49.4 Å². The van der Waals surface area contributed by atoms with Gasteiger partial charge in [0.05, 0.1) is 29.2 Å². The molecule has 0 saturated heterocycles. The zero-order chi connectivity index (χ0) is 25.5. The van der Waals surface area contributed by atoms with E-state index in [0.717, 1.165) is 16.2 Å². The number of aromatic nitrogens is 3. The van der Waals surface area contributed by atoms with E-state index in [1.807, 2.05) is 60.7 Å². The number of rotatable bonds is 5. The molecule has 0 aliphatic rings. The molecule has 0 atom stereocenters. The third-order valence-electron chi connectivity index (χ3n) is 6.02. The van der Waals surface area contributed by atoms with Crippen molar-refractivity contribution in [3.63, 3.8) is 0 Å². The van der Waals surface area contributed by atoms with E-state index in [0.29, 0.717) is 33.2 Å². The van der Waals surface area contributed by atoms with Gasteiger partial charge in [-0.2, -0.15) is 5.10 Å². The number of carbonyl (C=O) groups is 1. The van der Waals surface area contributed by atoms with E-state index in [4.69, 9.17) is 14.9 Å². The van der Waals surface area contributed by atoms with Crippen LogP contribution in [0, 0.1) is 0 Å². The Morgan fingerprint density at radius 1 is 1.05 bits per heavy atom. The number of carbonyl (C=O) groups excluding carboxylic acids is 1. The van der Waals surface area contributed by atoms with Crippen molar-refractivity contribution in [3.05, 3.63) is 94.3 Å². The number of nitrogens with zero attached hydrogens (tertiary/aromatic N) is 3. The quantitative estimate of drug-likeness (QED) is 0.181. The van der Waals surface area contributed by atoms with Crippen LogP contribution in [-0.4, -0.2) is 27.3 Å². The average Bonchev–Trinajstić information content (AvgIpc) is 3.53. The number of anilines is 1.